The lowest BCUT2D eigenvalue weighted by molar-refractivity contribution is -0.129. The molecule has 0 bridgehead atoms. The van der Waals surface area contributed by atoms with Crippen molar-refractivity contribution in [3.8, 4) is 0 Å². The van der Waals surface area contributed by atoms with E-state index < -0.39 is 5.82 Å². The van der Waals surface area contributed by atoms with E-state index in [2.05, 4.69) is 5.32 Å². The van der Waals surface area contributed by atoms with Crippen molar-refractivity contribution in [1.82, 2.24) is 10.2 Å². The maximum atomic E-state index is 13.0. The number of carbonyl (C=O) groups excluding carboxylic acids is 2. The molecule has 0 saturated heterocycles. The Kier molecular flexibility index (Phi) is 7.39. The number of hydrogen-bond donors (Lipinski definition) is 1. The van der Waals surface area contributed by atoms with E-state index in [1.165, 1.54) is 25.1 Å². The molecular formula is C15H21FN2O3. The number of nitrogens with one attached hydrogen (secondary N) is 1. The van der Waals surface area contributed by atoms with Gasteiger partial charge in [-0.25, -0.2) is 4.39 Å². The second-order valence-electron chi connectivity index (χ2n) is 4.62. The summed E-state index contributed by atoms with van der Waals surface area (Å²) >= 11 is 0. The molecule has 0 heterocycles. The highest BCUT2D eigenvalue weighted by atomic mass is 19.1. The molecule has 0 aliphatic carbocycles. The van der Waals surface area contributed by atoms with Crippen molar-refractivity contribution in [3.05, 3.63) is 35.6 Å². The lowest BCUT2D eigenvalue weighted by Crippen LogP contribution is -2.38. The van der Waals surface area contributed by atoms with Crippen molar-refractivity contribution in [2.45, 2.75) is 13.3 Å². The minimum absolute atomic E-state index is 0.0499. The van der Waals surface area contributed by atoms with Crippen LogP contribution >= 0.6 is 0 Å². The van der Waals surface area contributed by atoms with Gasteiger partial charge in [0.05, 0.1) is 0 Å². The monoisotopic (exact) mass is 296 g/mol. The number of carbonyl (C=O) groups is 2. The first kappa shape index (κ1) is 17.1. The van der Waals surface area contributed by atoms with Crippen molar-refractivity contribution in [1.29, 1.82) is 0 Å². The van der Waals surface area contributed by atoms with Gasteiger partial charge in [0.1, 0.15) is 5.82 Å². The zero-order valence-electron chi connectivity index (χ0n) is 12.4. The molecular weight excluding hydrogens is 275 g/mol. The Bertz CT molecular complexity index is 480. The van der Waals surface area contributed by atoms with Crippen LogP contribution in [0.15, 0.2) is 24.3 Å². The zero-order valence-corrected chi connectivity index (χ0v) is 12.4. The third-order valence-corrected chi connectivity index (χ3v) is 2.98. The number of amides is 2. The molecule has 0 saturated carbocycles. The molecule has 5 nitrogen and oxygen atoms in total. The maximum Gasteiger partial charge on any atom is 0.251 e. The van der Waals surface area contributed by atoms with Gasteiger partial charge in [-0.3, -0.25) is 9.59 Å². The van der Waals surface area contributed by atoms with Crippen LogP contribution in [0.25, 0.3) is 0 Å². The van der Waals surface area contributed by atoms with Gasteiger partial charge in [0.15, 0.2) is 0 Å². The Labute approximate surface area is 124 Å². The standard InChI is InChI=1S/C15H21FN2O3/c1-12(19)18(8-4-10-21-2)9-7-17-15(20)13-5-3-6-14(16)11-13/h3,5-6,11H,4,7-10H2,1-2H3,(H,17,20). The van der Waals surface area contributed by atoms with Crippen molar-refractivity contribution in [3.63, 3.8) is 0 Å². The Morgan fingerprint density at radius 3 is 2.71 bits per heavy atom. The highest BCUT2D eigenvalue weighted by molar-refractivity contribution is 5.94. The number of ether oxygens (including phenoxy) is 1. The topological polar surface area (TPSA) is 58.6 Å². The minimum Gasteiger partial charge on any atom is -0.385 e. The number of hydrogen-bond acceptors (Lipinski definition) is 3. The molecule has 6 heteroatoms. The number of halogens is 1. The lowest BCUT2D eigenvalue weighted by atomic mass is 10.2. The van der Waals surface area contributed by atoms with E-state index in [1.54, 1.807) is 18.1 Å². The Morgan fingerprint density at radius 1 is 1.33 bits per heavy atom. The van der Waals surface area contributed by atoms with Crippen LogP contribution in [0.1, 0.15) is 23.7 Å². The first-order valence-corrected chi connectivity index (χ1v) is 6.83. The first-order valence-electron chi connectivity index (χ1n) is 6.83. The molecule has 0 aliphatic heterocycles. The normalized spacial score (nSPS) is 10.2. The molecule has 0 unspecified atom stereocenters. The van der Waals surface area contributed by atoms with Crippen LogP contribution in [0.2, 0.25) is 0 Å². The van der Waals surface area contributed by atoms with E-state index in [1.807, 2.05) is 0 Å². The summed E-state index contributed by atoms with van der Waals surface area (Å²) in [6.45, 7) is 3.39. The van der Waals surface area contributed by atoms with E-state index in [4.69, 9.17) is 4.74 Å². The van der Waals surface area contributed by atoms with Crippen LogP contribution in [0.4, 0.5) is 4.39 Å². The van der Waals surface area contributed by atoms with E-state index >= 15 is 0 Å². The summed E-state index contributed by atoms with van der Waals surface area (Å²) < 4.78 is 18.0. The zero-order chi connectivity index (χ0) is 15.7. The van der Waals surface area contributed by atoms with Crippen molar-refractivity contribution < 1.29 is 18.7 Å². The highest BCUT2D eigenvalue weighted by Crippen LogP contribution is 2.03. The van der Waals surface area contributed by atoms with Gasteiger partial charge in [0, 0.05) is 45.8 Å². The fourth-order valence-electron chi connectivity index (χ4n) is 1.86. The van der Waals surface area contributed by atoms with Gasteiger partial charge in [-0.2, -0.15) is 0 Å². The smallest absolute Gasteiger partial charge is 0.251 e. The summed E-state index contributed by atoms with van der Waals surface area (Å²) in [5.74, 6) is -0.853. The largest absolute Gasteiger partial charge is 0.385 e. The molecule has 0 aromatic heterocycles. The SMILES string of the molecule is COCCCN(CCNC(=O)c1cccc(F)c1)C(C)=O. The summed E-state index contributed by atoms with van der Waals surface area (Å²) in [5.41, 5.74) is 0.267. The average molecular weight is 296 g/mol. The second kappa shape index (κ2) is 9.07. The van der Waals surface area contributed by atoms with Crippen molar-refractivity contribution in [2.24, 2.45) is 0 Å². The molecule has 1 aromatic carbocycles. The molecule has 21 heavy (non-hydrogen) atoms. The first-order chi connectivity index (χ1) is 10.0. The molecule has 0 spiro atoms. The predicted octanol–water partition coefficient (Wildman–Crippen LogP) is 1.44. The molecule has 0 aliphatic rings. The average Bonchev–Trinajstić information content (AvgIpc) is 2.45. The quantitative estimate of drug-likeness (QED) is 0.739. The van der Waals surface area contributed by atoms with Crippen molar-refractivity contribution >= 4 is 11.8 Å². The van der Waals surface area contributed by atoms with Gasteiger partial charge in [0.2, 0.25) is 5.91 Å². The Hall–Kier alpha value is -1.95. The van der Waals surface area contributed by atoms with Gasteiger partial charge >= 0.3 is 0 Å². The van der Waals surface area contributed by atoms with E-state index in [9.17, 15) is 14.0 Å². The van der Waals surface area contributed by atoms with Gasteiger partial charge in [-0.1, -0.05) is 6.07 Å². The van der Waals surface area contributed by atoms with Crippen LogP contribution < -0.4 is 5.32 Å². The summed E-state index contributed by atoms with van der Waals surface area (Å²) in [4.78, 5) is 24.9. The molecule has 0 fully saturated rings. The van der Waals surface area contributed by atoms with Crippen LogP contribution in [-0.2, 0) is 9.53 Å². The van der Waals surface area contributed by atoms with Gasteiger partial charge in [-0.15, -0.1) is 0 Å². The number of benzene rings is 1. The molecule has 2 amide bonds. The predicted molar refractivity (Wildman–Crippen MR) is 77.5 cm³/mol. The Morgan fingerprint density at radius 2 is 2.10 bits per heavy atom. The summed E-state index contributed by atoms with van der Waals surface area (Å²) in [6, 6.07) is 5.48. The summed E-state index contributed by atoms with van der Waals surface area (Å²) in [5, 5.41) is 2.67. The minimum atomic E-state index is -0.451. The van der Waals surface area contributed by atoms with Crippen LogP contribution in [0.5, 0.6) is 0 Å². The van der Waals surface area contributed by atoms with E-state index in [0.29, 0.717) is 26.2 Å². The maximum absolute atomic E-state index is 13.0. The van der Waals surface area contributed by atoms with Gasteiger partial charge < -0.3 is 15.0 Å². The molecule has 0 radical (unpaired) electrons. The second-order valence-corrected chi connectivity index (χ2v) is 4.62. The molecule has 1 aromatic rings. The summed E-state index contributed by atoms with van der Waals surface area (Å²) in [6.07, 6.45) is 0.744. The van der Waals surface area contributed by atoms with Crippen LogP contribution in [-0.4, -0.2) is 50.1 Å². The fraction of sp³-hybridized carbons (Fsp3) is 0.467. The van der Waals surface area contributed by atoms with Gasteiger partial charge in [0.25, 0.3) is 5.91 Å². The molecule has 1 N–H and O–H groups in total. The number of nitrogens with zero attached hydrogens (tertiary/aromatic N) is 1. The highest BCUT2D eigenvalue weighted by Gasteiger charge is 2.10. The van der Waals surface area contributed by atoms with Crippen molar-refractivity contribution in [2.75, 3.05) is 33.4 Å². The van der Waals surface area contributed by atoms with E-state index in [0.717, 1.165) is 6.42 Å². The Balaban J connectivity index is 2.39. The molecule has 0 atom stereocenters. The third kappa shape index (κ3) is 6.35. The van der Waals surface area contributed by atoms with Crippen LogP contribution in [0.3, 0.4) is 0 Å². The number of rotatable bonds is 8. The number of methoxy groups -OCH3 is 1. The summed E-state index contributed by atoms with van der Waals surface area (Å²) in [7, 11) is 1.61. The third-order valence-electron chi connectivity index (χ3n) is 2.98. The molecule has 116 valence electrons. The van der Waals surface area contributed by atoms with E-state index in [-0.39, 0.29) is 17.4 Å². The molecule has 1 rings (SSSR count). The van der Waals surface area contributed by atoms with Crippen LogP contribution in [0, 0.1) is 5.82 Å². The fourth-order valence-corrected chi connectivity index (χ4v) is 1.86. The lowest BCUT2D eigenvalue weighted by Gasteiger charge is -2.21. The van der Waals surface area contributed by atoms with Gasteiger partial charge in [-0.05, 0) is 24.6 Å².